The van der Waals surface area contributed by atoms with Crippen LogP contribution in [-0.2, 0) is 10.2 Å². The molecule has 1 unspecified atom stereocenters. The first-order valence-corrected chi connectivity index (χ1v) is 9.74. The zero-order chi connectivity index (χ0) is 19.8. The van der Waals surface area contributed by atoms with Gasteiger partial charge in [0.15, 0.2) is 0 Å². The second-order valence-corrected chi connectivity index (χ2v) is 8.62. The Kier molecular flexibility index (Phi) is 5.34. The van der Waals surface area contributed by atoms with Crippen LogP contribution in [0.5, 0.6) is 0 Å². The first-order valence-electron chi connectivity index (χ1n) is 9.30. The van der Waals surface area contributed by atoms with Crippen LogP contribution in [0.2, 0.25) is 0 Å². The fourth-order valence-corrected chi connectivity index (χ4v) is 3.87. The summed E-state index contributed by atoms with van der Waals surface area (Å²) < 4.78 is 0. The third kappa shape index (κ3) is 4.03. The number of fused-ring (bicyclic) bond motifs is 1. The van der Waals surface area contributed by atoms with Gasteiger partial charge < -0.3 is 5.32 Å². The van der Waals surface area contributed by atoms with Crippen molar-refractivity contribution in [3.05, 3.63) is 65.7 Å². The highest BCUT2D eigenvalue weighted by atomic mass is 32.1. The van der Waals surface area contributed by atoms with Crippen LogP contribution in [0, 0.1) is 0 Å². The van der Waals surface area contributed by atoms with Crippen LogP contribution >= 0.6 is 12.6 Å². The molecular weight excluding hydrogens is 350 g/mol. The highest BCUT2D eigenvalue weighted by Crippen LogP contribution is 2.33. The van der Waals surface area contributed by atoms with Crippen molar-refractivity contribution in [2.45, 2.75) is 43.9 Å². The van der Waals surface area contributed by atoms with Crippen molar-refractivity contribution >= 4 is 29.3 Å². The minimum Gasteiger partial charge on any atom is -0.359 e. The van der Waals surface area contributed by atoms with E-state index in [0.717, 1.165) is 15.8 Å². The van der Waals surface area contributed by atoms with E-state index in [0.29, 0.717) is 0 Å². The van der Waals surface area contributed by atoms with Crippen LogP contribution in [0.1, 0.15) is 44.7 Å². The quantitative estimate of drug-likeness (QED) is 0.543. The second kappa shape index (κ2) is 7.40. The lowest BCUT2D eigenvalue weighted by molar-refractivity contribution is -0.121. The summed E-state index contributed by atoms with van der Waals surface area (Å²) in [5.41, 5.74) is 4.72. The number of benzene rings is 3. The van der Waals surface area contributed by atoms with Crippen LogP contribution in [0.25, 0.3) is 21.9 Å². The Morgan fingerprint density at radius 1 is 0.926 bits per heavy atom. The Balaban J connectivity index is 2.02. The Labute approximate surface area is 167 Å². The molecule has 0 fully saturated rings. The van der Waals surface area contributed by atoms with E-state index >= 15 is 0 Å². The SMILES string of the molecule is CNC(=O)C(C)c1ccc2cc(-c3ccc(S)c(C(C)(C)C)c3)ccc2c1. The summed E-state index contributed by atoms with van der Waals surface area (Å²) in [7, 11) is 1.67. The van der Waals surface area contributed by atoms with Gasteiger partial charge >= 0.3 is 0 Å². The van der Waals surface area contributed by atoms with Crippen molar-refractivity contribution in [2.24, 2.45) is 0 Å². The van der Waals surface area contributed by atoms with E-state index in [1.165, 1.54) is 22.1 Å². The van der Waals surface area contributed by atoms with E-state index in [4.69, 9.17) is 0 Å². The summed E-state index contributed by atoms with van der Waals surface area (Å²) in [6.45, 7) is 8.56. The highest BCUT2D eigenvalue weighted by Gasteiger charge is 2.18. The second-order valence-electron chi connectivity index (χ2n) is 8.14. The first kappa shape index (κ1) is 19.5. The summed E-state index contributed by atoms with van der Waals surface area (Å²) in [6, 6.07) is 19.2. The summed E-state index contributed by atoms with van der Waals surface area (Å²) in [5.74, 6) is -0.121. The minimum atomic E-state index is -0.156. The molecule has 0 aliphatic heterocycles. The number of nitrogens with one attached hydrogen (secondary N) is 1. The number of thiol groups is 1. The van der Waals surface area contributed by atoms with Crippen molar-refractivity contribution in [1.82, 2.24) is 5.32 Å². The van der Waals surface area contributed by atoms with Crippen LogP contribution in [0.4, 0.5) is 0 Å². The van der Waals surface area contributed by atoms with Crippen molar-refractivity contribution < 1.29 is 4.79 Å². The first-order chi connectivity index (χ1) is 12.7. The maximum atomic E-state index is 11.9. The van der Waals surface area contributed by atoms with Gasteiger partial charge in [-0.3, -0.25) is 4.79 Å². The number of carbonyl (C=O) groups excluding carboxylic acids is 1. The van der Waals surface area contributed by atoms with Gasteiger partial charge in [0, 0.05) is 11.9 Å². The molecule has 140 valence electrons. The number of rotatable bonds is 3. The standard InChI is InChI=1S/C24H27NOS/c1-15(23(26)25-5)16-6-7-18-13-19(9-8-17(18)12-16)20-10-11-22(27)21(14-20)24(2,3)4/h6-15,27H,1-5H3,(H,25,26). The van der Waals surface area contributed by atoms with Crippen molar-refractivity contribution in [3.8, 4) is 11.1 Å². The molecule has 3 aromatic rings. The molecule has 1 atom stereocenters. The molecule has 0 heterocycles. The van der Waals surface area contributed by atoms with Gasteiger partial charge in [-0.1, -0.05) is 57.2 Å². The Hall–Kier alpha value is -2.26. The largest absolute Gasteiger partial charge is 0.359 e. The fraction of sp³-hybridized carbons (Fsp3) is 0.292. The zero-order valence-corrected chi connectivity index (χ0v) is 17.5. The van der Waals surface area contributed by atoms with Crippen LogP contribution in [0.3, 0.4) is 0 Å². The molecule has 3 aromatic carbocycles. The highest BCUT2D eigenvalue weighted by molar-refractivity contribution is 7.80. The summed E-state index contributed by atoms with van der Waals surface area (Å²) >= 11 is 4.63. The molecule has 0 bridgehead atoms. The van der Waals surface area contributed by atoms with Gasteiger partial charge in [0.1, 0.15) is 0 Å². The van der Waals surface area contributed by atoms with Crippen molar-refractivity contribution in [2.75, 3.05) is 7.05 Å². The van der Waals surface area contributed by atoms with Crippen LogP contribution in [0.15, 0.2) is 59.5 Å². The van der Waals surface area contributed by atoms with E-state index in [-0.39, 0.29) is 17.2 Å². The molecule has 3 rings (SSSR count). The van der Waals surface area contributed by atoms with Gasteiger partial charge in [0.25, 0.3) is 0 Å². The molecule has 0 spiro atoms. The maximum absolute atomic E-state index is 11.9. The van der Waals surface area contributed by atoms with E-state index in [2.05, 4.69) is 87.2 Å². The minimum absolute atomic E-state index is 0.0347. The van der Waals surface area contributed by atoms with E-state index in [9.17, 15) is 4.79 Å². The average molecular weight is 378 g/mol. The Morgan fingerprint density at radius 3 is 2.19 bits per heavy atom. The number of likely N-dealkylation sites (N-methyl/N-ethyl adjacent to an activating group) is 1. The predicted molar refractivity (Wildman–Crippen MR) is 118 cm³/mol. The van der Waals surface area contributed by atoms with Crippen LogP contribution < -0.4 is 5.32 Å². The van der Waals surface area contributed by atoms with Gasteiger partial charge in [0.05, 0.1) is 5.92 Å². The van der Waals surface area contributed by atoms with Gasteiger partial charge in [-0.05, 0) is 63.6 Å². The molecule has 0 saturated carbocycles. The van der Waals surface area contributed by atoms with Crippen molar-refractivity contribution in [1.29, 1.82) is 0 Å². The average Bonchev–Trinajstić information content (AvgIpc) is 2.65. The van der Waals surface area contributed by atoms with Crippen LogP contribution in [-0.4, -0.2) is 13.0 Å². The molecule has 1 amide bonds. The third-order valence-electron chi connectivity index (χ3n) is 5.14. The Morgan fingerprint density at radius 2 is 1.52 bits per heavy atom. The van der Waals surface area contributed by atoms with E-state index in [1.807, 2.05) is 13.0 Å². The third-order valence-corrected chi connectivity index (χ3v) is 5.53. The van der Waals surface area contributed by atoms with Gasteiger partial charge in [-0.2, -0.15) is 0 Å². The predicted octanol–water partition coefficient (Wildman–Crippen LogP) is 5.94. The normalized spacial score (nSPS) is 12.8. The maximum Gasteiger partial charge on any atom is 0.227 e. The molecule has 1 N–H and O–H groups in total. The molecule has 3 heteroatoms. The van der Waals surface area contributed by atoms with E-state index in [1.54, 1.807) is 7.05 Å². The Bertz CT molecular complexity index is 1000. The molecule has 27 heavy (non-hydrogen) atoms. The lowest BCUT2D eigenvalue weighted by atomic mass is 9.85. The summed E-state index contributed by atoms with van der Waals surface area (Å²) in [6.07, 6.45) is 0. The fourth-order valence-electron chi connectivity index (χ4n) is 3.40. The van der Waals surface area contributed by atoms with Gasteiger partial charge in [-0.15, -0.1) is 12.6 Å². The monoisotopic (exact) mass is 377 g/mol. The molecule has 0 saturated heterocycles. The molecule has 2 nitrogen and oxygen atoms in total. The van der Waals surface area contributed by atoms with Gasteiger partial charge in [0.2, 0.25) is 5.91 Å². The van der Waals surface area contributed by atoms with Crippen molar-refractivity contribution in [3.63, 3.8) is 0 Å². The lowest BCUT2D eigenvalue weighted by Gasteiger charge is -2.22. The number of hydrogen-bond donors (Lipinski definition) is 2. The number of carbonyl (C=O) groups is 1. The smallest absolute Gasteiger partial charge is 0.227 e. The molecule has 0 aromatic heterocycles. The molecule has 0 aliphatic carbocycles. The molecule has 0 radical (unpaired) electrons. The lowest BCUT2D eigenvalue weighted by Crippen LogP contribution is -2.23. The molecular formula is C24H27NOS. The molecule has 0 aliphatic rings. The van der Waals surface area contributed by atoms with E-state index < -0.39 is 0 Å². The zero-order valence-electron chi connectivity index (χ0n) is 16.6. The topological polar surface area (TPSA) is 29.1 Å². The van der Waals surface area contributed by atoms with Gasteiger partial charge in [-0.25, -0.2) is 0 Å². The number of amides is 1. The summed E-state index contributed by atoms with van der Waals surface area (Å²) in [4.78, 5) is 12.9. The number of hydrogen-bond acceptors (Lipinski definition) is 2. The summed E-state index contributed by atoms with van der Waals surface area (Å²) in [5, 5.41) is 5.04.